The largest absolute Gasteiger partial charge is 0.478 e. The zero-order chi connectivity index (χ0) is 11.9. The Kier molecular flexibility index (Phi) is 5.62. The molecular weight excluding hydrogens is 200 g/mol. The molecule has 0 atom stereocenters. The number of aliphatic carboxylic acids is 1. The van der Waals surface area contributed by atoms with Crippen molar-refractivity contribution in [3.8, 4) is 0 Å². The normalized spacial score (nSPS) is 11.7. The van der Waals surface area contributed by atoms with Crippen LogP contribution >= 0.6 is 0 Å². The average molecular weight is 216 g/mol. The molecule has 5 nitrogen and oxygen atoms in total. The van der Waals surface area contributed by atoms with Gasteiger partial charge in [-0.25, -0.2) is 9.59 Å². The monoisotopic (exact) mass is 216 g/mol. The van der Waals surface area contributed by atoms with Crippen molar-refractivity contribution in [2.75, 3.05) is 20.3 Å². The van der Waals surface area contributed by atoms with Crippen LogP contribution < -0.4 is 0 Å². The number of hydrogen-bond donors (Lipinski definition) is 1. The molecule has 0 saturated carbocycles. The van der Waals surface area contributed by atoms with Crippen LogP contribution in [0, 0.1) is 5.41 Å². The van der Waals surface area contributed by atoms with Crippen molar-refractivity contribution in [2.45, 2.75) is 13.8 Å². The van der Waals surface area contributed by atoms with Gasteiger partial charge in [-0.1, -0.05) is 13.8 Å². The minimum Gasteiger partial charge on any atom is -0.478 e. The first-order valence-corrected chi connectivity index (χ1v) is 4.44. The van der Waals surface area contributed by atoms with Gasteiger partial charge in [0.25, 0.3) is 0 Å². The lowest BCUT2D eigenvalue weighted by atomic mass is 9.96. The Morgan fingerprint density at radius 2 is 1.87 bits per heavy atom. The summed E-state index contributed by atoms with van der Waals surface area (Å²) in [6, 6.07) is 0. The van der Waals surface area contributed by atoms with Gasteiger partial charge in [-0.05, 0) is 0 Å². The highest BCUT2D eigenvalue weighted by Gasteiger charge is 2.19. The lowest BCUT2D eigenvalue weighted by Gasteiger charge is -2.22. The molecule has 0 rings (SSSR count). The fourth-order valence-corrected chi connectivity index (χ4v) is 0.886. The van der Waals surface area contributed by atoms with Gasteiger partial charge in [-0.2, -0.15) is 0 Å². The molecule has 0 spiro atoms. The van der Waals surface area contributed by atoms with E-state index in [1.54, 1.807) is 7.11 Å². The van der Waals surface area contributed by atoms with E-state index in [4.69, 9.17) is 14.6 Å². The van der Waals surface area contributed by atoms with Crippen LogP contribution in [0.3, 0.4) is 0 Å². The van der Waals surface area contributed by atoms with Gasteiger partial charge in [0, 0.05) is 24.7 Å². The summed E-state index contributed by atoms with van der Waals surface area (Å²) in [6.45, 7) is 4.40. The molecule has 0 aromatic rings. The van der Waals surface area contributed by atoms with Gasteiger partial charge in [-0.15, -0.1) is 0 Å². The molecule has 0 radical (unpaired) electrons. The Morgan fingerprint density at radius 1 is 1.27 bits per heavy atom. The maximum atomic E-state index is 11.0. The maximum Gasteiger partial charge on any atom is 0.331 e. The molecule has 0 aromatic heterocycles. The SMILES string of the molecule is COCC(C)(C)COC(=O)C=CC(=O)O. The molecule has 0 amide bonds. The Bertz CT molecular complexity index is 255. The smallest absolute Gasteiger partial charge is 0.331 e. The number of carboxylic acids is 1. The minimum absolute atomic E-state index is 0.184. The molecule has 0 bridgehead atoms. The van der Waals surface area contributed by atoms with Crippen LogP contribution in [-0.4, -0.2) is 37.4 Å². The van der Waals surface area contributed by atoms with Gasteiger partial charge in [0.2, 0.25) is 0 Å². The summed E-state index contributed by atoms with van der Waals surface area (Å²) in [4.78, 5) is 21.1. The lowest BCUT2D eigenvalue weighted by molar-refractivity contribution is -0.142. The highest BCUT2D eigenvalue weighted by atomic mass is 16.5. The van der Waals surface area contributed by atoms with Crippen LogP contribution in [0.25, 0.3) is 0 Å². The summed E-state index contributed by atoms with van der Waals surface area (Å²) in [6.07, 6.45) is 1.62. The van der Waals surface area contributed by atoms with Gasteiger partial charge < -0.3 is 14.6 Å². The summed E-state index contributed by atoms with van der Waals surface area (Å²) in [7, 11) is 1.56. The molecule has 0 aliphatic carbocycles. The van der Waals surface area contributed by atoms with Gasteiger partial charge >= 0.3 is 11.9 Å². The van der Waals surface area contributed by atoms with Crippen molar-refractivity contribution in [3.05, 3.63) is 12.2 Å². The number of carboxylic acid groups (broad SMARTS) is 1. The average Bonchev–Trinajstić information content (AvgIpc) is 2.11. The summed E-state index contributed by atoms with van der Waals surface area (Å²) in [5.74, 6) is -1.84. The van der Waals surface area contributed by atoms with Crippen LogP contribution in [0.4, 0.5) is 0 Å². The number of hydrogen-bond acceptors (Lipinski definition) is 4. The summed E-state index contributed by atoms with van der Waals surface area (Å²) < 4.78 is 9.77. The fraction of sp³-hybridized carbons (Fsp3) is 0.600. The summed E-state index contributed by atoms with van der Waals surface area (Å²) in [5, 5.41) is 8.26. The van der Waals surface area contributed by atoms with E-state index in [1.807, 2.05) is 13.8 Å². The van der Waals surface area contributed by atoms with E-state index in [0.29, 0.717) is 6.61 Å². The molecule has 86 valence electrons. The zero-order valence-electron chi connectivity index (χ0n) is 9.15. The minimum atomic E-state index is -1.18. The van der Waals surface area contributed by atoms with Crippen molar-refractivity contribution in [2.24, 2.45) is 5.41 Å². The molecule has 0 unspecified atom stereocenters. The number of esters is 1. The molecule has 0 aliphatic heterocycles. The van der Waals surface area contributed by atoms with Crippen molar-refractivity contribution < 1.29 is 24.2 Å². The standard InChI is InChI=1S/C10H16O5/c1-10(2,6-14-3)7-15-9(13)5-4-8(11)12/h4-5H,6-7H2,1-3H3,(H,11,12). The van der Waals surface area contributed by atoms with Gasteiger partial charge in [0.15, 0.2) is 0 Å². The quantitative estimate of drug-likeness (QED) is 0.526. The van der Waals surface area contributed by atoms with Crippen LogP contribution in [0.1, 0.15) is 13.8 Å². The Morgan fingerprint density at radius 3 is 2.33 bits per heavy atom. The Balaban J connectivity index is 3.95. The third kappa shape index (κ3) is 7.69. The van der Waals surface area contributed by atoms with E-state index in [-0.39, 0.29) is 12.0 Å². The number of methoxy groups -OCH3 is 1. The Labute approximate surface area is 88.7 Å². The highest BCUT2D eigenvalue weighted by Crippen LogP contribution is 2.15. The first kappa shape index (κ1) is 13.6. The van der Waals surface area contributed by atoms with Gasteiger partial charge in [0.1, 0.15) is 0 Å². The van der Waals surface area contributed by atoms with E-state index in [1.165, 1.54) is 0 Å². The van der Waals surface area contributed by atoms with E-state index in [9.17, 15) is 9.59 Å². The molecule has 5 heteroatoms. The summed E-state index contributed by atoms with van der Waals surface area (Å²) in [5.41, 5.74) is -0.276. The summed E-state index contributed by atoms with van der Waals surface area (Å²) >= 11 is 0. The number of rotatable bonds is 6. The third-order valence-electron chi connectivity index (χ3n) is 1.50. The maximum absolute atomic E-state index is 11.0. The molecule has 15 heavy (non-hydrogen) atoms. The van der Waals surface area contributed by atoms with Crippen molar-refractivity contribution in [1.29, 1.82) is 0 Å². The molecule has 0 aromatic carbocycles. The van der Waals surface area contributed by atoms with Gasteiger partial charge in [-0.3, -0.25) is 0 Å². The van der Waals surface area contributed by atoms with Crippen LogP contribution in [-0.2, 0) is 19.1 Å². The molecule has 1 N–H and O–H groups in total. The van der Waals surface area contributed by atoms with E-state index in [0.717, 1.165) is 12.2 Å². The first-order chi connectivity index (χ1) is 6.87. The van der Waals surface area contributed by atoms with Crippen LogP contribution in [0.2, 0.25) is 0 Å². The van der Waals surface area contributed by atoms with Crippen molar-refractivity contribution >= 4 is 11.9 Å². The van der Waals surface area contributed by atoms with E-state index >= 15 is 0 Å². The molecule has 0 saturated heterocycles. The topological polar surface area (TPSA) is 72.8 Å². The van der Waals surface area contributed by atoms with Crippen LogP contribution in [0.15, 0.2) is 12.2 Å². The lowest BCUT2D eigenvalue weighted by Crippen LogP contribution is -2.26. The molecular formula is C10H16O5. The molecule has 0 aliphatic rings. The molecule has 0 heterocycles. The second-order valence-corrected chi connectivity index (χ2v) is 3.88. The Hall–Kier alpha value is -1.36. The highest BCUT2D eigenvalue weighted by molar-refractivity contribution is 5.90. The van der Waals surface area contributed by atoms with E-state index < -0.39 is 11.9 Å². The second kappa shape index (κ2) is 6.19. The predicted molar refractivity (Wildman–Crippen MR) is 53.4 cm³/mol. The zero-order valence-corrected chi connectivity index (χ0v) is 9.15. The van der Waals surface area contributed by atoms with E-state index in [2.05, 4.69) is 0 Å². The first-order valence-electron chi connectivity index (χ1n) is 4.44. The van der Waals surface area contributed by atoms with Crippen molar-refractivity contribution in [1.82, 2.24) is 0 Å². The number of carbonyl (C=O) groups is 2. The fourth-order valence-electron chi connectivity index (χ4n) is 0.886. The molecule has 0 fully saturated rings. The van der Waals surface area contributed by atoms with Gasteiger partial charge in [0.05, 0.1) is 13.2 Å². The van der Waals surface area contributed by atoms with Crippen LogP contribution in [0.5, 0.6) is 0 Å². The third-order valence-corrected chi connectivity index (χ3v) is 1.50. The number of carbonyl (C=O) groups excluding carboxylic acids is 1. The predicted octanol–water partition coefficient (Wildman–Crippen LogP) is 0.843. The van der Waals surface area contributed by atoms with Crippen molar-refractivity contribution in [3.63, 3.8) is 0 Å². The number of ether oxygens (including phenoxy) is 2. The second-order valence-electron chi connectivity index (χ2n) is 3.88.